The van der Waals surface area contributed by atoms with Gasteiger partial charge >= 0.3 is 12.1 Å². The van der Waals surface area contributed by atoms with E-state index >= 15 is 0 Å². The Morgan fingerprint density at radius 1 is 1.22 bits per heavy atom. The molecule has 1 aromatic rings. The van der Waals surface area contributed by atoms with Gasteiger partial charge in [0.25, 0.3) is 0 Å². The van der Waals surface area contributed by atoms with Gasteiger partial charge in [0.2, 0.25) is 0 Å². The van der Waals surface area contributed by atoms with Crippen LogP contribution in [0.25, 0.3) is 0 Å². The van der Waals surface area contributed by atoms with Crippen LogP contribution in [0.1, 0.15) is 38.8 Å². The van der Waals surface area contributed by atoms with E-state index in [9.17, 15) is 14.7 Å². The molecule has 1 heterocycles. The van der Waals surface area contributed by atoms with Crippen LogP contribution in [0.15, 0.2) is 24.3 Å². The summed E-state index contributed by atoms with van der Waals surface area (Å²) in [4.78, 5) is 25.5. The zero-order valence-electron chi connectivity index (χ0n) is 13.9. The van der Waals surface area contributed by atoms with Gasteiger partial charge in [-0.2, -0.15) is 0 Å². The molecule has 0 aromatic heterocycles. The van der Waals surface area contributed by atoms with Crippen molar-refractivity contribution in [2.24, 2.45) is 5.92 Å². The Morgan fingerprint density at radius 3 is 2.30 bits per heavy atom. The molecule has 6 nitrogen and oxygen atoms in total. The van der Waals surface area contributed by atoms with Crippen LogP contribution in [0.2, 0.25) is 0 Å². The lowest BCUT2D eigenvalue weighted by molar-refractivity contribution is -0.142. The molecule has 0 radical (unpaired) electrons. The molecule has 0 unspecified atom stereocenters. The summed E-state index contributed by atoms with van der Waals surface area (Å²) < 4.78 is 10.5. The van der Waals surface area contributed by atoms with E-state index in [1.54, 1.807) is 52.1 Å². The smallest absolute Gasteiger partial charge is 0.410 e. The van der Waals surface area contributed by atoms with Gasteiger partial charge in [-0.1, -0.05) is 12.1 Å². The number of likely N-dealkylation sites (tertiary alicyclic amines) is 1. The van der Waals surface area contributed by atoms with E-state index in [0.29, 0.717) is 18.7 Å². The summed E-state index contributed by atoms with van der Waals surface area (Å²) >= 11 is 0. The highest BCUT2D eigenvalue weighted by Crippen LogP contribution is 2.38. The van der Waals surface area contributed by atoms with E-state index in [1.165, 1.54) is 4.90 Å². The van der Waals surface area contributed by atoms with Crippen LogP contribution in [0.4, 0.5) is 4.79 Å². The van der Waals surface area contributed by atoms with Crippen molar-refractivity contribution in [3.63, 3.8) is 0 Å². The molecule has 2 atom stereocenters. The number of nitrogens with zero attached hydrogens (tertiary/aromatic N) is 1. The van der Waals surface area contributed by atoms with Gasteiger partial charge in [-0.15, -0.1) is 0 Å². The standard InChI is InChI=1S/C17H23NO5/c1-17(2,3)23-16(21)18-10-9-13(15(19)20)14(18)11-5-7-12(22-4)8-6-11/h5-8,13-14H,9-10H2,1-4H3,(H,19,20)/t13-,14-/m1/s1. The SMILES string of the molecule is COc1ccc([C@@H]2[C@H](C(=O)O)CCN2C(=O)OC(C)(C)C)cc1. The number of carbonyl (C=O) groups excluding carboxylic acids is 1. The van der Waals surface area contributed by atoms with E-state index in [-0.39, 0.29) is 0 Å². The number of carbonyl (C=O) groups is 2. The molecule has 1 aliphatic heterocycles. The third-order valence-corrected chi connectivity index (χ3v) is 3.80. The van der Waals surface area contributed by atoms with Crippen LogP contribution in [-0.4, -0.2) is 41.3 Å². The Kier molecular flexibility index (Phi) is 4.82. The zero-order chi connectivity index (χ0) is 17.2. The number of benzene rings is 1. The first-order valence-corrected chi connectivity index (χ1v) is 7.59. The number of hydrogen-bond acceptors (Lipinski definition) is 4. The normalized spacial score (nSPS) is 21.1. The molecular weight excluding hydrogens is 298 g/mol. The molecule has 0 saturated carbocycles. The van der Waals surface area contributed by atoms with Crippen molar-refractivity contribution in [1.29, 1.82) is 0 Å². The van der Waals surface area contributed by atoms with Gasteiger partial charge in [-0.3, -0.25) is 4.79 Å². The number of methoxy groups -OCH3 is 1. The largest absolute Gasteiger partial charge is 0.497 e. The van der Waals surface area contributed by atoms with Crippen molar-refractivity contribution < 1.29 is 24.2 Å². The van der Waals surface area contributed by atoms with Gasteiger partial charge in [0.05, 0.1) is 19.1 Å². The molecule has 1 N–H and O–H groups in total. The van der Waals surface area contributed by atoms with Gasteiger partial charge in [-0.05, 0) is 44.9 Å². The third-order valence-electron chi connectivity index (χ3n) is 3.80. The van der Waals surface area contributed by atoms with Crippen LogP contribution in [-0.2, 0) is 9.53 Å². The van der Waals surface area contributed by atoms with Crippen molar-refractivity contribution in [2.75, 3.05) is 13.7 Å². The number of ether oxygens (including phenoxy) is 2. The topological polar surface area (TPSA) is 76.1 Å². The summed E-state index contributed by atoms with van der Waals surface area (Å²) in [6, 6.07) is 6.58. The minimum atomic E-state index is -0.906. The fourth-order valence-corrected chi connectivity index (χ4v) is 2.79. The number of rotatable bonds is 3. The Labute approximate surface area is 136 Å². The number of carboxylic acids is 1. The van der Waals surface area contributed by atoms with Crippen LogP contribution in [0.3, 0.4) is 0 Å². The molecule has 0 aliphatic carbocycles. The molecule has 1 aliphatic rings. The first kappa shape index (κ1) is 17.1. The van der Waals surface area contributed by atoms with Crippen molar-refractivity contribution in [3.05, 3.63) is 29.8 Å². The highest BCUT2D eigenvalue weighted by Gasteiger charge is 2.43. The molecule has 2 rings (SSSR count). The van der Waals surface area contributed by atoms with Gasteiger partial charge < -0.3 is 19.5 Å². The molecule has 1 saturated heterocycles. The number of aliphatic carboxylic acids is 1. The third kappa shape index (κ3) is 3.94. The van der Waals surface area contributed by atoms with Crippen molar-refractivity contribution in [3.8, 4) is 5.75 Å². The summed E-state index contributed by atoms with van der Waals surface area (Å²) in [7, 11) is 1.57. The lowest BCUT2D eigenvalue weighted by Crippen LogP contribution is -2.38. The van der Waals surface area contributed by atoms with Gasteiger partial charge in [-0.25, -0.2) is 4.79 Å². The van der Waals surface area contributed by atoms with Crippen LogP contribution in [0, 0.1) is 5.92 Å². The van der Waals surface area contributed by atoms with Crippen LogP contribution in [0.5, 0.6) is 5.75 Å². The Balaban J connectivity index is 2.30. The van der Waals surface area contributed by atoms with E-state index < -0.39 is 29.6 Å². The van der Waals surface area contributed by atoms with E-state index in [2.05, 4.69) is 0 Å². The zero-order valence-corrected chi connectivity index (χ0v) is 13.9. The first-order chi connectivity index (χ1) is 10.7. The second-order valence-electron chi connectivity index (χ2n) is 6.63. The summed E-state index contributed by atoms with van der Waals surface area (Å²) in [5, 5.41) is 9.47. The number of amides is 1. The second-order valence-corrected chi connectivity index (χ2v) is 6.63. The average Bonchev–Trinajstić information content (AvgIpc) is 2.90. The molecule has 0 spiro atoms. The fraction of sp³-hybridized carbons (Fsp3) is 0.529. The highest BCUT2D eigenvalue weighted by molar-refractivity contribution is 5.76. The minimum absolute atomic E-state index is 0.364. The maximum atomic E-state index is 12.4. The molecule has 1 aromatic carbocycles. The molecular formula is C17H23NO5. The monoisotopic (exact) mass is 321 g/mol. The summed E-state index contributed by atoms with van der Waals surface area (Å²) in [5.41, 5.74) is 0.143. The van der Waals surface area contributed by atoms with Crippen molar-refractivity contribution in [1.82, 2.24) is 4.90 Å². The predicted molar refractivity (Wildman–Crippen MR) is 84.4 cm³/mol. The summed E-state index contributed by atoms with van der Waals surface area (Å²) in [5.74, 6) is -0.866. The van der Waals surface area contributed by atoms with Crippen LogP contribution < -0.4 is 4.74 Å². The van der Waals surface area contributed by atoms with Gasteiger partial charge in [0.1, 0.15) is 11.4 Å². The lowest BCUT2D eigenvalue weighted by Gasteiger charge is -2.30. The van der Waals surface area contributed by atoms with Gasteiger partial charge in [0.15, 0.2) is 0 Å². The average molecular weight is 321 g/mol. The Morgan fingerprint density at radius 2 is 1.83 bits per heavy atom. The summed E-state index contributed by atoms with van der Waals surface area (Å²) in [6.45, 7) is 5.73. The Bertz CT molecular complexity index is 576. The minimum Gasteiger partial charge on any atom is -0.497 e. The molecule has 126 valence electrons. The molecule has 1 fully saturated rings. The van der Waals surface area contributed by atoms with Crippen molar-refractivity contribution >= 4 is 12.1 Å². The molecule has 1 amide bonds. The second kappa shape index (κ2) is 6.48. The summed E-state index contributed by atoms with van der Waals surface area (Å²) in [6.07, 6.45) is -0.0762. The van der Waals surface area contributed by atoms with Gasteiger partial charge in [0, 0.05) is 6.54 Å². The fourth-order valence-electron chi connectivity index (χ4n) is 2.79. The molecule has 6 heteroatoms. The van der Waals surface area contributed by atoms with Crippen molar-refractivity contribution in [2.45, 2.75) is 38.8 Å². The quantitative estimate of drug-likeness (QED) is 0.926. The molecule has 23 heavy (non-hydrogen) atoms. The number of hydrogen-bond donors (Lipinski definition) is 1. The maximum absolute atomic E-state index is 12.4. The predicted octanol–water partition coefficient (Wildman–Crippen LogP) is 3.08. The Hall–Kier alpha value is -2.24. The lowest BCUT2D eigenvalue weighted by atomic mass is 9.94. The van der Waals surface area contributed by atoms with Crippen LogP contribution >= 0.6 is 0 Å². The maximum Gasteiger partial charge on any atom is 0.410 e. The first-order valence-electron chi connectivity index (χ1n) is 7.59. The van der Waals surface area contributed by atoms with E-state index in [1.807, 2.05) is 0 Å². The molecule has 0 bridgehead atoms. The van der Waals surface area contributed by atoms with E-state index in [0.717, 1.165) is 5.56 Å². The number of carboxylic acid groups (broad SMARTS) is 1. The van der Waals surface area contributed by atoms with E-state index in [4.69, 9.17) is 9.47 Å². The highest BCUT2D eigenvalue weighted by atomic mass is 16.6.